The maximum absolute atomic E-state index is 13.0. The molecule has 3 rings (SSSR count). The summed E-state index contributed by atoms with van der Waals surface area (Å²) in [6.45, 7) is 12.0. The van der Waals surface area contributed by atoms with Crippen LogP contribution in [0.15, 0.2) is 54.0 Å². The van der Waals surface area contributed by atoms with Crippen molar-refractivity contribution in [2.75, 3.05) is 11.9 Å². The second kappa shape index (κ2) is 9.30. The lowest BCUT2D eigenvalue weighted by Crippen LogP contribution is -2.33. The fourth-order valence-corrected chi connectivity index (χ4v) is 4.50. The number of carbonyl (C=O) groups is 2. The van der Waals surface area contributed by atoms with Gasteiger partial charge in [0.1, 0.15) is 5.25 Å². The van der Waals surface area contributed by atoms with Gasteiger partial charge >= 0.3 is 0 Å². The molecule has 0 aliphatic carbocycles. The van der Waals surface area contributed by atoms with Crippen LogP contribution in [0.4, 0.5) is 11.4 Å². The zero-order valence-corrected chi connectivity index (χ0v) is 18.7. The Morgan fingerprint density at radius 3 is 2.53 bits per heavy atom. The maximum atomic E-state index is 13.0. The molecule has 2 amide bonds. The van der Waals surface area contributed by atoms with Crippen LogP contribution in [-0.4, -0.2) is 33.7 Å². The van der Waals surface area contributed by atoms with Gasteiger partial charge in [0.05, 0.1) is 5.69 Å². The average Bonchev–Trinajstić information content (AvgIpc) is 2.97. The molecule has 1 aliphatic rings. The van der Waals surface area contributed by atoms with Crippen LogP contribution in [-0.2, 0) is 9.59 Å². The highest BCUT2D eigenvalue weighted by Gasteiger charge is 2.38. The lowest BCUT2D eigenvalue weighted by molar-refractivity contribution is -0.127. The molecule has 2 aromatic carbocycles. The molecule has 6 heteroatoms. The van der Waals surface area contributed by atoms with Gasteiger partial charge in [-0.05, 0) is 56.0 Å². The van der Waals surface area contributed by atoms with E-state index in [9.17, 15) is 9.59 Å². The summed E-state index contributed by atoms with van der Waals surface area (Å²) in [6.07, 6.45) is 1.77. The molecule has 5 nitrogen and oxygen atoms in total. The molecule has 1 fully saturated rings. The lowest BCUT2D eigenvalue weighted by Gasteiger charge is -2.15. The van der Waals surface area contributed by atoms with Gasteiger partial charge in [0.2, 0.25) is 11.8 Å². The minimum absolute atomic E-state index is 0.0940. The lowest BCUT2D eigenvalue weighted by atomic mass is 10.1. The summed E-state index contributed by atoms with van der Waals surface area (Å²) in [5.41, 5.74) is 5.79. The van der Waals surface area contributed by atoms with Gasteiger partial charge in [-0.25, -0.2) is 4.99 Å². The van der Waals surface area contributed by atoms with Gasteiger partial charge in [-0.2, -0.15) is 0 Å². The molecular weight excluding hydrogens is 394 g/mol. The molecule has 0 saturated carbocycles. The van der Waals surface area contributed by atoms with Gasteiger partial charge in [0, 0.05) is 18.7 Å². The van der Waals surface area contributed by atoms with Crippen LogP contribution < -0.4 is 5.32 Å². The van der Waals surface area contributed by atoms with E-state index in [0.717, 1.165) is 33.6 Å². The van der Waals surface area contributed by atoms with E-state index < -0.39 is 5.25 Å². The van der Waals surface area contributed by atoms with E-state index >= 15 is 0 Å². The Kier molecular flexibility index (Phi) is 6.77. The Morgan fingerprint density at radius 2 is 1.87 bits per heavy atom. The van der Waals surface area contributed by atoms with Gasteiger partial charge in [0.15, 0.2) is 5.17 Å². The zero-order chi connectivity index (χ0) is 21.8. The first-order valence-corrected chi connectivity index (χ1v) is 10.8. The van der Waals surface area contributed by atoms with Crippen molar-refractivity contribution in [3.63, 3.8) is 0 Å². The van der Waals surface area contributed by atoms with E-state index in [4.69, 9.17) is 4.99 Å². The van der Waals surface area contributed by atoms with Gasteiger partial charge in [-0.3, -0.25) is 14.5 Å². The Morgan fingerprint density at radius 1 is 1.17 bits per heavy atom. The molecule has 1 heterocycles. The fourth-order valence-electron chi connectivity index (χ4n) is 3.34. The maximum Gasteiger partial charge on any atom is 0.242 e. The number of benzene rings is 2. The highest BCUT2D eigenvalue weighted by atomic mass is 32.2. The topological polar surface area (TPSA) is 61.8 Å². The van der Waals surface area contributed by atoms with Crippen LogP contribution in [0.3, 0.4) is 0 Å². The van der Waals surface area contributed by atoms with Crippen molar-refractivity contribution >= 4 is 40.1 Å². The zero-order valence-electron chi connectivity index (χ0n) is 17.9. The van der Waals surface area contributed by atoms with Gasteiger partial charge in [0.25, 0.3) is 0 Å². The van der Waals surface area contributed by atoms with Crippen molar-refractivity contribution in [1.29, 1.82) is 0 Å². The summed E-state index contributed by atoms with van der Waals surface area (Å²) < 4.78 is 0. The van der Waals surface area contributed by atoms with Crippen LogP contribution >= 0.6 is 11.8 Å². The third kappa shape index (κ3) is 4.82. The molecule has 1 saturated heterocycles. The molecule has 1 N–H and O–H groups in total. The predicted octanol–water partition coefficient (Wildman–Crippen LogP) is 5.07. The third-order valence-electron chi connectivity index (χ3n) is 5.03. The standard InChI is InChI=1S/C24H27N3O2S/c1-6-12-27-23(29)20(14-21(28)26-22-17(4)8-7-9-18(22)5)30-24(27)25-19-13-15(2)10-11-16(19)3/h6-11,13,20H,1,12,14H2,2-5H3,(H,26,28). The largest absolute Gasteiger partial charge is 0.326 e. The number of amides is 2. The minimum atomic E-state index is -0.502. The Hall–Kier alpha value is -2.86. The van der Waals surface area contributed by atoms with E-state index in [2.05, 4.69) is 11.9 Å². The molecule has 1 aliphatic heterocycles. The number of hydrogen-bond acceptors (Lipinski definition) is 4. The molecule has 0 aromatic heterocycles. The third-order valence-corrected chi connectivity index (χ3v) is 6.20. The van der Waals surface area contributed by atoms with Crippen molar-refractivity contribution in [3.8, 4) is 0 Å². The van der Waals surface area contributed by atoms with E-state index in [-0.39, 0.29) is 18.2 Å². The molecule has 0 spiro atoms. The van der Waals surface area contributed by atoms with E-state index in [1.54, 1.807) is 11.0 Å². The number of hydrogen-bond donors (Lipinski definition) is 1. The van der Waals surface area contributed by atoms with Crippen LogP contribution in [0.2, 0.25) is 0 Å². The second-order valence-corrected chi connectivity index (χ2v) is 8.72. The molecule has 156 valence electrons. The van der Waals surface area contributed by atoms with E-state index in [1.165, 1.54) is 11.8 Å². The summed E-state index contributed by atoms with van der Waals surface area (Å²) in [7, 11) is 0. The Labute approximate surface area is 182 Å². The predicted molar refractivity (Wildman–Crippen MR) is 125 cm³/mol. The average molecular weight is 422 g/mol. The van der Waals surface area contributed by atoms with Crippen LogP contribution in [0.25, 0.3) is 0 Å². The summed E-state index contributed by atoms with van der Waals surface area (Å²) in [6, 6.07) is 11.9. The fraction of sp³-hybridized carbons (Fsp3) is 0.292. The van der Waals surface area contributed by atoms with Crippen molar-refractivity contribution in [2.24, 2.45) is 4.99 Å². The minimum Gasteiger partial charge on any atom is -0.326 e. The smallest absolute Gasteiger partial charge is 0.242 e. The van der Waals surface area contributed by atoms with Crippen LogP contribution in [0.1, 0.15) is 28.7 Å². The molecule has 2 aromatic rings. The number of aliphatic imine (C=N–C) groups is 1. The van der Waals surface area contributed by atoms with E-state index in [1.807, 2.05) is 64.1 Å². The molecule has 30 heavy (non-hydrogen) atoms. The van der Waals surface area contributed by atoms with Crippen molar-refractivity contribution in [2.45, 2.75) is 39.4 Å². The monoisotopic (exact) mass is 421 g/mol. The quantitative estimate of drug-likeness (QED) is 0.663. The highest BCUT2D eigenvalue weighted by Crippen LogP contribution is 2.33. The summed E-state index contributed by atoms with van der Waals surface area (Å²) in [5, 5.41) is 3.08. The van der Waals surface area contributed by atoms with Gasteiger partial charge < -0.3 is 5.32 Å². The molecular formula is C24H27N3O2S. The van der Waals surface area contributed by atoms with Crippen molar-refractivity contribution in [1.82, 2.24) is 4.90 Å². The van der Waals surface area contributed by atoms with E-state index in [0.29, 0.717) is 11.7 Å². The highest BCUT2D eigenvalue weighted by molar-refractivity contribution is 8.15. The molecule has 1 atom stereocenters. The number of carbonyl (C=O) groups excluding carboxylic acids is 2. The summed E-state index contributed by atoms with van der Waals surface area (Å²) in [4.78, 5) is 32.0. The number of nitrogens with one attached hydrogen (secondary N) is 1. The van der Waals surface area contributed by atoms with Crippen molar-refractivity contribution < 1.29 is 9.59 Å². The second-order valence-electron chi connectivity index (χ2n) is 7.55. The van der Waals surface area contributed by atoms with Crippen molar-refractivity contribution in [3.05, 3.63) is 71.3 Å². The number of aryl methyl sites for hydroxylation is 4. The molecule has 0 bridgehead atoms. The number of para-hydroxylation sites is 1. The Balaban J connectivity index is 1.80. The number of anilines is 1. The normalized spacial score (nSPS) is 17.5. The number of rotatable bonds is 6. The first-order chi connectivity index (χ1) is 14.3. The van der Waals surface area contributed by atoms with Crippen LogP contribution in [0, 0.1) is 27.7 Å². The number of nitrogens with zero attached hydrogens (tertiary/aromatic N) is 2. The number of amidine groups is 1. The molecule has 1 unspecified atom stereocenters. The Bertz CT molecular complexity index is 1010. The first kappa shape index (κ1) is 21.8. The summed E-state index contributed by atoms with van der Waals surface area (Å²) >= 11 is 1.34. The SMILES string of the molecule is C=CCN1C(=O)C(CC(=O)Nc2c(C)cccc2C)SC1=Nc1cc(C)ccc1C. The number of thioether (sulfide) groups is 1. The van der Waals surface area contributed by atoms with Crippen LogP contribution in [0.5, 0.6) is 0 Å². The summed E-state index contributed by atoms with van der Waals surface area (Å²) in [5.74, 6) is -0.287. The first-order valence-electron chi connectivity index (χ1n) is 9.91. The van der Waals surface area contributed by atoms with Gasteiger partial charge in [-0.15, -0.1) is 6.58 Å². The van der Waals surface area contributed by atoms with Gasteiger partial charge in [-0.1, -0.05) is 48.2 Å². The molecule has 0 radical (unpaired) electrons.